The first kappa shape index (κ1) is 16.0. The van der Waals surface area contributed by atoms with E-state index in [2.05, 4.69) is 13.0 Å². The number of methoxy groups -OCH3 is 1. The molecule has 0 fully saturated rings. The number of rotatable bonds is 8. The summed E-state index contributed by atoms with van der Waals surface area (Å²) < 4.78 is 5.04. The number of hydrogen-bond acceptors (Lipinski definition) is 3. The number of phenols is 1. The number of allylic oxidation sites excluding steroid dienone is 4. The summed E-state index contributed by atoms with van der Waals surface area (Å²) in [6.45, 7) is 2.12. The van der Waals surface area contributed by atoms with Crippen molar-refractivity contribution < 1.29 is 14.6 Å². The smallest absolute Gasteiger partial charge is 0.160 e. The van der Waals surface area contributed by atoms with Crippen LogP contribution in [0.1, 0.15) is 31.7 Å². The van der Waals surface area contributed by atoms with Crippen molar-refractivity contribution in [3.05, 3.63) is 48.1 Å². The van der Waals surface area contributed by atoms with Gasteiger partial charge in [0.15, 0.2) is 17.3 Å². The van der Waals surface area contributed by atoms with E-state index in [-0.39, 0.29) is 11.5 Å². The van der Waals surface area contributed by atoms with E-state index in [0.717, 1.165) is 18.4 Å². The van der Waals surface area contributed by atoms with Crippen LogP contribution < -0.4 is 4.74 Å². The minimum atomic E-state index is 0.0955. The average molecular weight is 274 g/mol. The number of phenolic OH excluding ortho intramolecular Hbond substituents is 1. The van der Waals surface area contributed by atoms with Gasteiger partial charge in [0, 0.05) is 6.42 Å². The number of carbonyl (C=O) groups excluding carboxylic acids is 1. The molecule has 1 rings (SSSR count). The molecule has 0 aromatic heterocycles. The number of aryl methyl sites for hydroxylation is 1. The van der Waals surface area contributed by atoms with Gasteiger partial charge < -0.3 is 9.84 Å². The van der Waals surface area contributed by atoms with Crippen molar-refractivity contribution in [2.24, 2.45) is 0 Å². The molecular weight excluding hydrogens is 252 g/mol. The molecule has 0 heterocycles. The molecule has 0 radical (unpaired) electrons. The molecule has 0 saturated heterocycles. The maximum atomic E-state index is 11.7. The van der Waals surface area contributed by atoms with Crippen molar-refractivity contribution in [2.45, 2.75) is 32.6 Å². The van der Waals surface area contributed by atoms with Crippen LogP contribution in [0.2, 0.25) is 0 Å². The van der Waals surface area contributed by atoms with Crippen molar-refractivity contribution in [1.82, 2.24) is 0 Å². The summed E-state index contributed by atoms with van der Waals surface area (Å²) in [5, 5.41) is 9.49. The van der Waals surface area contributed by atoms with Crippen LogP contribution in [0.4, 0.5) is 0 Å². The quantitative estimate of drug-likeness (QED) is 0.579. The Balaban J connectivity index is 2.44. The molecule has 0 saturated carbocycles. The van der Waals surface area contributed by atoms with E-state index >= 15 is 0 Å². The Bertz CT molecular complexity index is 487. The lowest BCUT2D eigenvalue weighted by molar-refractivity contribution is -0.114. The molecule has 1 aromatic rings. The Kier molecular flexibility index (Phi) is 7.18. The van der Waals surface area contributed by atoms with Crippen molar-refractivity contribution in [3.8, 4) is 11.5 Å². The standard InChI is InChI=1S/C17H22O3/c1-3-4-5-6-7-8-15(18)11-9-14-10-12-16(19)17(13-14)20-2/h5-8,10,12-13,19H,3-4,9,11H2,1-2H3/b6-5+,8-7+. The summed E-state index contributed by atoms with van der Waals surface area (Å²) in [5.74, 6) is 0.648. The van der Waals surface area contributed by atoms with Gasteiger partial charge >= 0.3 is 0 Å². The zero-order valence-electron chi connectivity index (χ0n) is 12.1. The molecule has 0 unspecified atom stereocenters. The van der Waals surface area contributed by atoms with E-state index < -0.39 is 0 Å². The van der Waals surface area contributed by atoms with Gasteiger partial charge in [0.1, 0.15) is 0 Å². The van der Waals surface area contributed by atoms with Gasteiger partial charge in [-0.25, -0.2) is 0 Å². The average Bonchev–Trinajstić information content (AvgIpc) is 2.46. The van der Waals surface area contributed by atoms with Gasteiger partial charge in [0.25, 0.3) is 0 Å². The zero-order chi connectivity index (χ0) is 14.8. The molecule has 1 N–H and O–H groups in total. The number of carbonyl (C=O) groups is 1. The van der Waals surface area contributed by atoms with Crippen molar-refractivity contribution in [3.63, 3.8) is 0 Å². The normalized spacial score (nSPS) is 11.3. The van der Waals surface area contributed by atoms with Crippen molar-refractivity contribution in [1.29, 1.82) is 0 Å². The van der Waals surface area contributed by atoms with Crippen LogP contribution in [-0.2, 0) is 11.2 Å². The Morgan fingerprint density at radius 1 is 1.35 bits per heavy atom. The molecule has 0 atom stereocenters. The zero-order valence-corrected chi connectivity index (χ0v) is 12.1. The molecule has 0 aliphatic rings. The lowest BCUT2D eigenvalue weighted by Gasteiger charge is -2.05. The number of unbranched alkanes of at least 4 members (excludes halogenated alkanes) is 1. The minimum absolute atomic E-state index is 0.0955. The van der Waals surface area contributed by atoms with Gasteiger partial charge in [-0.1, -0.05) is 37.6 Å². The second kappa shape index (κ2) is 8.97. The van der Waals surface area contributed by atoms with Crippen LogP contribution in [0, 0.1) is 0 Å². The minimum Gasteiger partial charge on any atom is -0.504 e. The third-order valence-electron chi connectivity index (χ3n) is 2.89. The van der Waals surface area contributed by atoms with E-state index in [0.29, 0.717) is 18.6 Å². The molecule has 0 aliphatic heterocycles. The second-order valence-electron chi connectivity index (χ2n) is 4.55. The highest BCUT2D eigenvalue weighted by Gasteiger charge is 2.04. The Morgan fingerprint density at radius 2 is 2.15 bits per heavy atom. The molecule has 1 aromatic carbocycles. The first-order chi connectivity index (χ1) is 9.67. The first-order valence-electron chi connectivity index (χ1n) is 6.89. The first-order valence-corrected chi connectivity index (χ1v) is 6.89. The van der Waals surface area contributed by atoms with Crippen LogP contribution >= 0.6 is 0 Å². The molecular formula is C17H22O3. The summed E-state index contributed by atoms with van der Waals surface area (Å²) in [5.41, 5.74) is 0.975. The summed E-state index contributed by atoms with van der Waals surface area (Å²) in [4.78, 5) is 11.7. The summed E-state index contributed by atoms with van der Waals surface area (Å²) >= 11 is 0. The fourth-order valence-corrected chi connectivity index (χ4v) is 1.73. The van der Waals surface area contributed by atoms with Gasteiger partial charge in [-0.05, 0) is 36.6 Å². The molecule has 20 heavy (non-hydrogen) atoms. The van der Waals surface area contributed by atoms with E-state index in [9.17, 15) is 9.90 Å². The highest BCUT2D eigenvalue weighted by Crippen LogP contribution is 2.26. The predicted molar refractivity (Wildman–Crippen MR) is 81.2 cm³/mol. The Morgan fingerprint density at radius 3 is 2.85 bits per heavy atom. The van der Waals surface area contributed by atoms with Gasteiger partial charge in [-0.3, -0.25) is 4.79 Å². The Labute approximate surface area is 120 Å². The molecule has 0 aliphatic carbocycles. The third kappa shape index (κ3) is 5.74. The third-order valence-corrected chi connectivity index (χ3v) is 2.89. The number of ether oxygens (including phenoxy) is 1. The molecule has 108 valence electrons. The van der Waals surface area contributed by atoms with E-state index in [4.69, 9.17) is 4.74 Å². The predicted octanol–water partition coefficient (Wildman–Crippen LogP) is 3.82. The highest BCUT2D eigenvalue weighted by molar-refractivity contribution is 5.90. The molecule has 3 heteroatoms. The van der Waals surface area contributed by atoms with Gasteiger partial charge in [0.2, 0.25) is 0 Å². The van der Waals surface area contributed by atoms with Crippen LogP contribution in [0.5, 0.6) is 11.5 Å². The fourth-order valence-electron chi connectivity index (χ4n) is 1.73. The fraction of sp³-hybridized carbons (Fsp3) is 0.353. The molecule has 0 bridgehead atoms. The summed E-state index contributed by atoms with van der Waals surface area (Å²) in [6.07, 6.45) is 10.6. The lowest BCUT2D eigenvalue weighted by Crippen LogP contribution is -1.96. The Hall–Kier alpha value is -2.03. The van der Waals surface area contributed by atoms with Gasteiger partial charge in [-0.15, -0.1) is 0 Å². The SMILES string of the molecule is CCC/C=C/C=C/C(=O)CCc1ccc(O)c(OC)c1. The number of benzene rings is 1. The summed E-state index contributed by atoms with van der Waals surface area (Å²) in [7, 11) is 1.51. The molecule has 0 amide bonds. The second-order valence-corrected chi connectivity index (χ2v) is 4.55. The van der Waals surface area contributed by atoms with E-state index in [1.807, 2.05) is 6.08 Å². The van der Waals surface area contributed by atoms with E-state index in [1.165, 1.54) is 7.11 Å². The van der Waals surface area contributed by atoms with Gasteiger partial charge in [0.05, 0.1) is 7.11 Å². The van der Waals surface area contributed by atoms with Crippen molar-refractivity contribution >= 4 is 5.78 Å². The monoisotopic (exact) mass is 274 g/mol. The van der Waals surface area contributed by atoms with Crippen LogP contribution in [-0.4, -0.2) is 18.0 Å². The number of ketones is 1. The largest absolute Gasteiger partial charge is 0.504 e. The van der Waals surface area contributed by atoms with Crippen molar-refractivity contribution in [2.75, 3.05) is 7.11 Å². The molecule has 0 spiro atoms. The molecule has 3 nitrogen and oxygen atoms in total. The van der Waals surface area contributed by atoms with Crippen LogP contribution in [0.15, 0.2) is 42.5 Å². The van der Waals surface area contributed by atoms with Gasteiger partial charge in [-0.2, -0.15) is 0 Å². The lowest BCUT2D eigenvalue weighted by atomic mass is 10.1. The van der Waals surface area contributed by atoms with Crippen LogP contribution in [0.25, 0.3) is 0 Å². The number of aromatic hydroxyl groups is 1. The maximum absolute atomic E-state index is 11.7. The number of hydrogen-bond donors (Lipinski definition) is 1. The maximum Gasteiger partial charge on any atom is 0.160 e. The highest BCUT2D eigenvalue weighted by atomic mass is 16.5. The topological polar surface area (TPSA) is 46.5 Å². The van der Waals surface area contributed by atoms with E-state index in [1.54, 1.807) is 30.4 Å². The van der Waals surface area contributed by atoms with Crippen LogP contribution in [0.3, 0.4) is 0 Å². The summed E-state index contributed by atoms with van der Waals surface area (Å²) in [6, 6.07) is 5.14.